The van der Waals surface area contributed by atoms with E-state index in [0.717, 1.165) is 5.56 Å². The predicted molar refractivity (Wildman–Crippen MR) is 103 cm³/mol. The van der Waals surface area contributed by atoms with Crippen LogP contribution in [0, 0.1) is 0 Å². The molecule has 2 N–H and O–H groups in total. The van der Waals surface area contributed by atoms with E-state index in [4.69, 9.17) is 37.4 Å². The largest absolute Gasteiger partial charge is 0.493 e. The van der Waals surface area contributed by atoms with Crippen molar-refractivity contribution in [1.29, 1.82) is 0 Å². The minimum absolute atomic E-state index is 0.271. The Balaban J connectivity index is 2.12. The molecule has 0 unspecified atom stereocenters. The van der Waals surface area contributed by atoms with E-state index in [-0.39, 0.29) is 6.04 Å². The molecule has 0 aromatic heterocycles. The summed E-state index contributed by atoms with van der Waals surface area (Å²) in [5, 5.41) is 6.47. The van der Waals surface area contributed by atoms with E-state index < -0.39 is 6.03 Å². The minimum atomic E-state index is -0.391. The molecule has 0 aliphatic rings. The number of hydrogen-bond acceptors (Lipinski definition) is 4. The summed E-state index contributed by atoms with van der Waals surface area (Å²) in [6, 6.07) is 7.83. The van der Waals surface area contributed by atoms with Crippen molar-refractivity contribution in [1.82, 2.24) is 5.32 Å². The molecule has 0 saturated carbocycles. The van der Waals surface area contributed by atoms with Crippen LogP contribution >= 0.6 is 23.2 Å². The third kappa shape index (κ3) is 4.65. The number of carbonyl (C=O) groups is 1. The molecule has 8 heteroatoms. The average molecular weight is 399 g/mol. The maximum Gasteiger partial charge on any atom is 0.319 e. The van der Waals surface area contributed by atoms with Gasteiger partial charge in [-0.3, -0.25) is 0 Å². The molecule has 140 valence electrons. The summed E-state index contributed by atoms with van der Waals surface area (Å²) in [6.07, 6.45) is 0. The Hall–Kier alpha value is -2.31. The Morgan fingerprint density at radius 1 is 0.962 bits per heavy atom. The fourth-order valence-electron chi connectivity index (χ4n) is 2.38. The van der Waals surface area contributed by atoms with Gasteiger partial charge in [0, 0.05) is 12.1 Å². The highest BCUT2D eigenvalue weighted by Crippen LogP contribution is 2.39. The van der Waals surface area contributed by atoms with Crippen LogP contribution in [0.2, 0.25) is 10.0 Å². The van der Waals surface area contributed by atoms with E-state index in [1.54, 1.807) is 30.3 Å². The molecule has 0 fully saturated rings. The van der Waals surface area contributed by atoms with E-state index in [9.17, 15) is 4.79 Å². The summed E-state index contributed by atoms with van der Waals surface area (Å²) < 4.78 is 15.8. The Labute approximate surface area is 162 Å². The number of amides is 2. The Kier molecular flexibility index (Phi) is 6.83. The van der Waals surface area contributed by atoms with Gasteiger partial charge >= 0.3 is 6.03 Å². The monoisotopic (exact) mass is 398 g/mol. The maximum absolute atomic E-state index is 12.3. The number of rotatable bonds is 6. The van der Waals surface area contributed by atoms with Crippen molar-refractivity contribution in [2.45, 2.75) is 13.0 Å². The van der Waals surface area contributed by atoms with Crippen molar-refractivity contribution in [2.75, 3.05) is 26.6 Å². The molecular weight excluding hydrogens is 379 g/mol. The Bertz CT molecular complexity index is 774. The lowest BCUT2D eigenvalue weighted by Gasteiger charge is -2.17. The molecule has 0 bridgehead atoms. The number of ether oxygens (including phenoxy) is 3. The van der Waals surface area contributed by atoms with Crippen LogP contribution in [0.25, 0.3) is 0 Å². The topological polar surface area (TPSA) is 68.8 Å². The Morgan fingerprint density at radius 2 is 1.58 bits per heavy atom. The van der Waals surface area contributed by atoms with Crippen LogP contribution in [0.5, 0.6) is 17.2 Å². The number of halogens is 2. The Morgan fingerprint density at radius 3 is 2.08 bits per heavy atom. The second kappa shape index (κ2) is 8.87. The van der Waals surface area contributed by atoms with Gasteiger partial charge in [-0.2, -0.15) is 0 Å². The van der Waals surface area contributed by atoms with Gasteiger partial charge in [-0.1, -0.05) is 29.3 Å². The third-order valence-corrected chi connectivity index (χ3v) is 4.45. The van der Waals surface area contributed by atoms with Crippen molar-refractivity contribution in [3.8, 4) is 17.2 Å². The number of anilines is 1. The van der Waals surface area contributed by atoms with Gasteiger partial charge in [0.25, 0.3) is 0 Å². The number of carbonyl (C=O) groups excluding carboxylic acids is 1. The fraction of sp³-hybridized carbons (Fsp3) is 0.278. The van der Waals surface area contributed by atoms with E-state index in [1.165, 1.54) is 21.3 Å². The van der Waals surface area contributed by atoms with Gasteiger partial charge in [0.05, 0.1) is 43.1 Å². The van der Waals surface area contributed by atoms with E-state index in [0.29, 0.717) is 33.0 Å². The standard InChI is InChI=1S/C18H20Cl2N2O4/c1-10(11-5-6-13(19)14(20)7-11)21-18(23)22-12-8-15(24-2)17(26-4)16(9-12)25-3/h5-10H,1-4H3,(H2,21,22,23)/t10-/m1/s1. The number of benzene rings is 2. The van der Waals surface area contributed by atoms with Gasteiger partial charge in [-0.15, -0.1) is 0 Å². The zero-order chi connectivity index (χ0) is 19.3. The maximum atomic E-state index is 12.3. The summed E-state index contributed by atoms with van der Waals surface area (Å²) in [5.41, 5.74) is 1.33. The van der Waals surface area contributed by atoms with Crippen LogP contribution < -0.4 is 24.8 Å². The SMILES string of the molecule is COc1cc(NC(=O)N[C@H](C)c2ccc(Cl)c(Cl)c2)cc(OC)c1OC. The van der Waals surface area contributed by atoms with Crippen LogP contribution in [0.3, 0.4) is 0 Å². The molecule has 0 radical (unpaired) electrons. The van der Waals surface area contributed by atoms with Gasteiger partial charge in [0.15, 0.2) is 11.5 Å². The molecule has 6 nitrogen and oxygen atoms in total. The number of hydrogen-bond donors (Lipinski definition) is 2. The van der Waals surface area contributed by atoms with E-state index >= 15 is 0 Å². The highest BCUT2D eigenvalue weighted by molar-refractivity contribution is 6.42. The fourth-order valence-corrected chi connectivity index (χ4v) is 2.69. The van der Waals surface area contributed by atoms with Gasteiger partial charge in [-0.05, 0) is 24.6 Å². The lowest BCUT2D eigenvalue weighted by atomic mass is 10.1. The van der Waals surface area contributed by atoms with Crippen molar-refractivity contribution in [3.05, 3.63) is 45.9 Å². The van der Waals surface area contributed by atoms with Gasteiger partial charge in [0.2, 0.25) is 5.75 Å². The molecule has 26 heavy (non-hydrogen) atoms. The normalized spacial score (nSPS) is 11.5. The van der Waals surface area contributed by atoms with Crippen LogP contribution in [0.1, 0.15) is 18.5 Å². The predicted octanol–water partition coefficient (Wildman–Crippen LogP) is 4.90. The first kappa shape index (κ1) is 20.0. The highest BCUT2D eigenvalue weighted by atomic mass is 35.5. The molecule has 0 spiro atoms. The first-order chi connectivity index (χ1) is 12.4. The minimum Gasteiger partial charge on any atom is -0.493 e. The zero-order valence-electron chi connectivity index (χ0n) is 14.9. The first-order valence-electron chi connectivity index (χ1n) is 7.72. The summed E-state index contributed by atoms with van der Waals surface area (Å²) in [7, 11) is 4.53. The second-order valence-electron chi connectivity index (χ2n) is 5.41. The van der Waals surface area contributed by atoms with Crippen LogP contribution in [0.15, 0.2) is 30.3 Å². The highest BCUT2D eigenvalue weighted by Gasteiger charge is 2.16. The van der Waals surface area contributed by atoms with Crippen molar-refractivity contribution in [3.63, 3.8) is 0 Å². The molecule has 2 aromatic rings. The van der Waals surface area contributed by atoms with Crippen molar-refractivity contribution in [2.24, 2.45) is 0 Å². The number of nitrogens with one attached hydrogen (secondary N) is 2. The lowest BCUT2D eigenvalue weighted by Crippen LogP contribution is -2.31. The van der Waals surface area contributed by atoms with E-state index in [1.807, 2.05) is 6.92 Å². The summed E-state index contributed by atoms with van der Waals surface area (Å²) in [5.74, 6) is 1.34. The van der Waals surface area contributed by atoms with Crippen LogP contribution in [-0.4, -0.2) is 27.4 Å². The summed E-state index contributed by atoms with van der Waals surface area (Å²) in [6.45, 7) is 1.84. The molecule has 0 aliphatic heterocycles. The molecule has 0 aliphatic carbocycles. The smallest absolute Gasteiger partial charge is 0.319 e. The summed E-state index contributed by atoms with van der Waals surface area (Å²) >= 11 is 11.9. The van der Waals surface area contributed by atoms with E-state index in [2.05, 4.69) is 10.6 Å². The molecule has 2 amide bonds. The van der Waals surface area contributed by atoms with Crippen LogP contribution in [0.4, 0.5) is 10.5 Å². The quantitative estimate of drug-likeness (QED) is 0.725. The lowest BCUT2D eigenvalue weighted by molar-refractivity contribution is 0.249. The average Bonchev–Trinajstić information content (AvgIpc) is 2.62. The molecule has 1 atom stereocenters. The van der Waals surface area contributed by atoms with Crippen LogP contribution in [-0.2, 0) is 0 Å². The third-order valence-electron chi connectivity index (χ3n) is 3.71. The molecular formula is C18H20Cl2N2O4. The molecule has 0 heterocycles. The number of urea groups is 1. The molecule has 2 rings (SSSR count). The molecule has 0 saturated heterocycles. The van der Waals surface area contributed by atoms with Gasteiger partial charge in [-0.25, -0.2) is 4.79 Å². The first-order valence-corrected chi connectivity index (χ1v) is 8.47. The van der Waals surface area contributed by atoms with Gasteiger partial charge < -0.3 is 24.8 Å². The number of methoxy groups -OCH3 is 3. The van der Waals surface area contributed by atoms with Crippen molar-refractivity contribution < 1.29 is 19.0 Å². The second-order valence-corrected chi connectivity index (χ2v) is 6.22. The van der Waals surface area contributed by atoms with Gasteiger partial charge in [0.1, 0.15) is 0 Å². The zero-order valence-corrected chi connectivity index (χ0v) is 16.4. The summed E-state index contributed by atoms with van der Waals surface area (Å²) in [4.78, 5) is 12.3. The molecule has 2 aromatic carbocycles. The van der Waals surface area contributed by atoms with Crippen molar-refractivity contribution >= 4 is 34.9 Å².